The van der Waals surface area contributed by atoms with Gasteiger partial charge in [0.15, 0.2) is 0 Å². The van der Waals surface area contributed by atoms with E-state index in [0.717, 1.165) is 17.1 Å². The number of rotatable bonds is 8. The summed E-state index contributed by atoms with van der Waals surface area (Å²) in [4.78, 5) is 2.29. The van der Waals surface area contributed by atoms with Crippen LogP contribution in [0.2, 0.25) is 0 Å². The molecular weight excluding hydrogens is 637 g/mol. The topological polar surface area (TPSA) is 3.24 Å². The third-order valence-electron chi connectivity index (χ3n) is 10.9. The summed E-state index contributed by atoms with van der Waals surface area (Å²) in [5, 5.41) is 2.55. The molecular formula is C51H40BN. The van der Waals surface area contributed by atoms with Gasteiger partial charge in [-0.1, -0.05) is 200 Å². The van der Waals surface area contributed by atoms with E-state index in [1.165, 1.54) is 60.5 Å². The Hall–Kier alpha value is -6.38. The van der Waals surface area contributed by atoms with Gasteiger partial charge in [-0.15, -0.1) is 0 Å². The van der Waals surface area contributed by atoms with Crippen LogP contribution in [0.15, 0.2) is 194 Å². The summed E-state index contributed by atoms with van der Waals surface area (Å²) in [6.45, 7) is 4.90. The maximum atomic E-state index is 2.48. The third-order valence-corrected chi connectivity index (χ3v) is 10.9. The quantitative estimate of drug-likeness (QED) is 0.114. The van der Waals surface area contributed by atoms with E-state index in [4.69, 9.17) is 0 Å². The van der Waals surface area contributed by atoms with Crippen molar-refractivity contribution in [3.63, 3.8) is 0 Å². The Bertz CT molecular complexity index is 2530. The van der Waals surface area contributed by atoms with Crippen LogP contribution < -0.4 is 21.3 Å². The highest BCUT2D eigenvalue weighted by molar-refractivity contribution is 6.95. The molecule has 0 bridgehead atoms. The van der Waals surface area contributed by atoms with Gasteiger partial charge in [0.2, 0.25) is 6.71 Å². The molecule has 0 radical (unpaired) electrons. The van der Waals surface area contributed by atoms with E-state index >= 15 is 0 Å². The summed E-state index contributed by atoms with van der Waals surface area (Å²) >= 11 is 0. The van der Waals surface area contributed by atoms with Gasteiger partial charge in [-0.05, 0) is 80.6 Å². The first-order valence-electron chi connectivity index (χ1n) is 18.5. The van der Waals surface area contributed by atoms with Crippen LogP contribution in [-0.2, 0) is 5.41 Å². The lowest BCUT2D eigenvalue weighted by molar-refractivity contribution is 0.660. The van der Waals surface area contributed by atoms with Gasteiger partial charge in [0.25, 0.3) is 0 Å². The summed E-state index contributed by atoms with van der Waals surface area (Å²) in [7, 11) is 0. The Labute approximate surface area is 313 Å². The highest BCUT2D eigenvalue weighted by atomic mass is 15.1. The molecule has 0 N–H and O–H groups in total. The fraction of sp³-hybridized carbons (Fsp3) is 0.0588. The number of benzene rings is 8. The van der Waals surface area contributed by atoms with Crippen molar-refractivity contribution in [3.8, 4) is 11.1 Å². The van der Waals surface area contributed by atoms with E-state index in [1.54, 1.807) is 0 Å². The van der Waals surface area contributed by atoms with Gasteiger partial charge < -0.3 is 4.90 Å². The molecule has 1 nitrogen and oxygen atoms in total. The molecule has 0 saturated heterocycles. The second-order valence-corrected chi connectivity index (χ2v) is 14.6. The van der Waals surface area contributed by atoms with Crippen LogP contribution in [0.3, 0.4) is 0 Å². The molecule has 0 unspecified atom stereocenters. The lowest BCUT2D eigenvalue weighted by Crippen LogP contribution is -2.52. The number of nitrogens with zero attached hydrogens (tertiary/aromatic N) is 1. The van der Waals surface area contributed by atoms with E-state index < -0.39 is 0 Å². The molecule has 0 aromatic heterocycles. The average Bonchev–Trinajstić information content (AvgIpc) is 3.44. The van der Waals surface area contributed by atoms with Crippen LogP contribution in [0.1, 0.15) is 36.1 Å². The first kappa shape index (κ1) is 32.5. The molecule has 1 aliphatic rings. The normalized spacial score (nSPS) is 12.8. The standard InChI is InChI=1S/C51H40BN/c1-51(2)49-34-38(23-22-37-24-30-46(31-25-37)53(44-18-8-4-9-19-44)45-20-10-5-11-21-45)26-32-47(49)48-33-29-43(36-50(48)51)52(41-16-6-3-7-17-41)42-28-27-39-14-12-13-15-40(39)35-42/h3-36H,1-2H3/b23-22+. The van der Waals surface area contributed by atoms with Crippen LogP contribution in [0.4, 0.5) is 17.1 Å². The maximum Gasteiger partial charge on any atom is 0.241 e. The molecule has 0 saturated carbocycles. The summed E-state index contributed by atoms with van der Waals surface area (Å²) in [6.07, 6.45) is 4.47. The smallest absolute Gasteiger partial charge is 0.241 e. The third kappa shape index (κ3) is 6.17. The van der Waals surface area contributed by atoms with Crippen molar-refractivity contribution >= 4 is 63.1 Å². The largest absolute Gasteiger partial charge is 0.311 e. The molecule has 0 atom stereocenters. The molecule has 8 aromatic carbocycles. The molecule has 9 rings (SSSR count). The molecule has 2 heteroatoms. The maximum absolute atomic E-state index is 2.48. The monoisotopic (exact) mass is 677 g/mol. The predicted molar refractivity (Wildman–Crippen MR) is 229 cm³/mol. The Morgan fingerprint density at radius 2 is 0.887 bits per heavy atom. The number of fused-ring (bicyclic) bond motifs is 4. The minimum Gasteiger partial charge on any atom is -0.311 e. The van der Waals surface area contributed by atoms with Gasteiger partial charge in [-0.25, -0.2) is 0 Å². The lowest BCUT2D eigenvalue weighted by Gasteiger charge is -2.25. The second-order valence-electron chi connectivity index (χ2n) is 14.6. The van der Waals surface area contributed by atoms with Crippen LogP contribution in [0.5, 0.6) is 0 Å². The van der Waals surface area contributed by atoms with Crippen molar-refractivity contribution in [3.05, 3.63) is 216 Å². The first-order chi connectivity index (χ1) is 26.0. The molecule has 0 aliphatic heterocycles. The van der Waals surface area contributed by atoms with Crippen molar-refractivity contribution in [1.82, 2.24) is 0 Å². The SMILES string of the molecule is CC1(C)c2cc(/C=C/c3ccc(N(c4ccccc4)c4ccccc4)cc3)ccc2-c2ccc(B(c3ccccc3)c3ccc4ccccc4c3)cc21. The number of para-hydroxylation sites is 2. The van der Waals surface area contributed by atoms with Crippen molar-refractivity contribution in [2.75, 3.05) is 4.90 Å². The van der Waals surface area contributed by atoms with Gasteiger partial charge in [-0.2, -0.15) is 0 Å². The van der Waals surface area contributed by atoms with Crippen LogP contribution in [0.25, 0.3) is 34.1 Å². The van der Waals surface area contributed by atoms with Gasteiger partial charge in [-0.3, -0.25) is 0 Å². The molecule has 0 amide bonds. The van der Waals surface area contributed by atoms with E-state index in [1.807, 2.05) is 0 Å². The van der Waals surface area contributed by atoms with Gasteiger partial charge in [0.05, 0.1) is 0 Å². The molecule has 0 fully saturated rings. The van der Waals surface area contributed by atoms with Crippen molar-refractivity contribution in [2.24, 2.45) is 0 Å². The molecule has 0 heterocycles. The summed E-state index contributed by atoms with van der Waals surface area (Å²) in [6, 6.07) is 70.6. The van der Waals surface area contributed by atoms with E-state index in [0.29, 0.717) is 0 Å². The first-order valence-corrected chi connectivity index (χ1v) is 18.5. The zero-order valence-electron chi connectivity index (χ0n) is 30.2. The second kappa shape index (κ2) is 13.6. The summed E-state index contributed by atoms with van der Waals surface area (Å²) in [5.74, 6) is 0. The fourth-order valence-electron chi connectivity index (χ4n) is 8.19. The highest BCUT2D eigenvalue weighted by Crippen LogP contribution is 2.48. The van der Waals surface area contributed by atoms with Crippen LogP contribution >= 0.6 is 0 Å². The van der Waals surface area contributed by atoms with E-state index in [-0.39, 0.29) is 12.1 Å². The number of hydrogen-bond acceptors (Lipinski definition) is 1. The van der Waals surface area contributed by atoms with Crippen molar-refractivity contribution in [1.29, 1.82) is 0 Å². The Kier molecular flexibility index (Phi) is 8.37. The van der Waals surface area contributed by atoms with Crippen molar-refractivity contribution in [2.45, 2.75) is 19.3 Å². The number of anilines is 3. The zero-order valence-corrected chi connectivity index (χ0v) is 30.2. The van der Waals surface area contributed by atoms with Gasteiger partial charge >= 0.3 is 0 Å². The van der Waals surface area contributed by atoms with Crippen molar-refractivity contribution < 1.29 is 0 Å². The van der Waals surface area contributed by atoms with Gasteiger partial charge in [0.1, 0.15) is 0 Å². The highest BCUT2D eigenvalue weighted by Gasteiger charge is 2.36. The molecule has 0 spiro atoms. The van der Waals surface area contributed by atoms with Crippen LogP contribution in [-0.4, -0.2) is 6.71 Å². The molecule has 1 aliphatic carbocycles. The Balaban J connectivity index is 1.01. The Morgan fingerprint density at radius 1 is 0.396 bits per heavy atom. The Morgan fingerprint density at radius 3 is 1.57 bits per heavy atom. The van der Waals surface area contributed by atoms with Gasteiger partial charge in [0, 0.05) is 22.5 Å². The zero-order chi connectivity index (χ0) is 35.8. The minimum atomic E-state index is -0.130. The average molecular weight is 678 g/mol. The van der Waals surface area contributed by atoms with Crippen LogP contribution in [0, 0.1) is 0 Å². The summed E-state index contributed by atoms with van der Waals surface area (Å²) < 4.78 is 0. The number of hydrogen-bond donors (Lipinski definition) is 0. The minimum absolute atomic E-state index is 0.130. The predicted octanol–water partition coefficient (Wildman–Crippen LogP) is 11.3. The molecule has 53 heavy (non-hydrogen) atoms. The fourth-order valence-corrected chi connectivity index (χ4v) is 8.19. The molecule has 252 valence electrons. The summed E-state index contributed by atoms with van der Waals surface area (Å²) in [5.41, 5.74) is 15.1. The van der Waals surface area contributed by atoms with E-state index in [2.05, 4.69) is 225 Å². The molecule has 8 aromatic rings. The lowest BCUT2D eigenvalue weighted by atomic mass is 9.36. The van der Waals surface area contributed by atoms with E-state index in [9.17, 15) is 0 Å².